The standard InChI is InChI=1S/C32H29N3O2/c36-30(21-26-22-33-28-19-11-10-18-27(26)28)34-29(20-23-12-4-1-5-13-23)32(37)35-31(24-14-6-2-7-15-24)25-16-8-3-9-17-25/h1-19,22,29,31,33H,20-21H2,(H,34,36)(H,35,37)/t29-/m0/s1. The highest BCUT2D eigenvalue weighted by atomic mass is 16.2. The molecule has 5 rings (SSSR count). The quantitative estimate of drug-likeness (QED) is 0.262. The molecule has 0 saturated carbocycles. The molecule has 5 heteroatoms. The summed E-state index contributed by atoms with van der Waals surface area (Å²) >= 11 is 0. The minimum absolute atomic E-state index is 0.184. The molecule has 1 aromatic heterocycles. The average Bonchev–Trinajstić information content (AvgIpc) is 3.35. The van der Waals surface area contributed by atoms with Gasteiger partial charge in [0.25, 0.3) is 0 Å². The molecule has 0 spiro atoms. The van der Waals surface area contributed by atoms with Gasteiger partial charge in [0.15, 0.2) is 0 Å². The number of nitrogens with one attached hydrogen (secondary N) is 3. The summed E-state index contributed by atoms with van der Waals surface area (Å²) in [6.45, 7) is 0. The molecule has 2 amide bonds. The maximum atomic E-state index is 13.7. The Hall–Kier alpha value is -4.64. The van der Waals surface area contributed by atoms with Crippen LogP contribution >= 0.6 is 0 Å². The zero-order valence-electron chi connectivity index (χ0n) is 20.4. The first-order valence-corrected chi connectivity index (χ1v) is 12.5. The summed E-state index contributed by atoms with van der Waals surface area (Å²) in [5, 5.41) is 7.22. The Balaban J connectivity index is 1.38. The predicted octanol–water partition coefficient (Wildman–Crippen LogP) is 5.34. The summed E-state index contributed by atoms with van der Waals surface area (Å²) in [6.07, 6.45) is 2.43. The topological polar surface area (TPSA) is 74.0 Å². The number of amides is 2. The van der Waals surface area contributed by atoms with Crippen molar-refractivity contribution in [1.29, 1.82) is 0 Å². The van der Waals surface area contributed by atoms with Crippen molar-refractivity contribution in [3.63, 3.8) is 0 Å². The van der Waals surface area contributed by atoms with Crippen molar-refractivity contribution >= 4 is 22.7 Å². The lowest BCUT2D eigenvalue weighted by Gasteiger charge is -2.24. The second kappa shape index (κ2) is 11.4. The number of aromatic amines is 1. The van der Waals surface area contributed by atoms with E-state index in [4.69, 9.17) is 0 Å². The molecule has 5 nitrogen and oxygen atoms in total. The molecule has 0 unspecified atom stereocenters. The number of benzene rings is 4. The summed E-state index contributed by atoms with van der Waals surface area (Å²) < 4.78 is 0. The van der Waals surface area contributed by atoms with Gasteiger partial charge in [-0.3, -0.25) is 9.59 Å². The van der Waals surface area contributed by atoms with Gasteiger partial charge in [-0.25, -0.2) is 0 Å². The molecule has 0 radical (unpaired) electrons. The Kier molecular flexibility index (Phi) is 7.42. The number of hydrogen-bond donors (Lipinski definition) is 3. The third-order valence-electron chi connectivity index (χ3n) is 6.51. The fraction of sp³-hybridized carbons (Fsp3) is 0.125. The number of para-hydroxylation sites is 1. The second-order valence-electron chi connectivity index (χ2n) is 9.11. The Labute approximate surface area is 216 Å². The van der Waals surface area contributed by atoms with Crippen LogP contribution in [0, 0.1) is 0 Å². The number of H-pyrrole nitrogens is 1. The minimum Gasteiger partial charge on any atom is -0.361 e. The van der Waals surface area contributed by atoms with Crippen molar-refractivity contribution in [1.82, 2.24) is 15.6 Å². The highest BCUT2D eigenvalue weighted by molar-refractivity contribution is 5.92. The van der Waals surface area contributed by atoms with Crippen LogP contribution in [0.3, 0.4) is 0 Å². The third-order valence-corrected chi connectivity index (χ3v) is 6.51. The molecule has 3 N–H and O–H groups in total. The van der Waals surface area contributed by atoms with E-state index in [1.54, 1.807) is 0 Å². The molecule has 0 fully saturated rings. The lowest BCUT2D eigenvalue weighted by molar-refractivity contribution is -0.129. The zero-order chi connectivity index (χ0) is 25.5. The van der Waals surface area contributed by atoms with Crippen molar-refractivity contribution in [3.05, 3.63) is 144 Å². The SMILES string of the molecule is O=C(Cc1c[nH]c2ccccc12)N[C@@H](Cc1ccccc1)C(=O)NC(c1ccccc1)c1ccccc1. The number of carbonyl (C=O) groups is 2. The zero-order valence-corrected chi connectivity index (χ0v) is 20.4. The van der Waals surface area contributed by atoms with E-state index in [0.29, 0.717) is 6.42 Å². The Morgan fingerprint density at radius 2 is 1.24 bits per heavy atom. The number of fused-ring (bicyclic) bond motifs is 1. The molecule has 5 aromatic rings. The van der Waals surface area contributed by atoms with Gasteiger partial charge in [-0.05, 0) is 28.3 Å². The minimum atomic E-state index is -0.727. The third kappa shape index (κ3) is 5.96. The number of rotatable bonds is 9. The van der Waals surface area contributed by atoms with Crippen molar-refractivity contribution in [2.24, 2.45) is 0 Å². The van der Waals surface area contributed by atoms with Crippen molar-refractivity contribution in [2.45, 2.75) is 24.9 Å². The van der Waals surface area contributed by atoms with Gasteiger partial charge in [0.1, 0.15) is 6.04 Å². The maximum Gasteiger partial charge on any atom is 0.243 e. The van der Waals surface area contributed by atoms with Crippen LogP contribution in [0.15, 0.2) is 121 Å². The van der Waals surface area contributed by atoms with Crippen LogP contribution in [0.1, 0.15) is 28.3 Å². The van der Waals surface area contributed by atoms with Gasteiger partial charge >= 0.3 is 0 Å². The van der Waals surface area contributed by atoms with Crippen molar-refractivity contribution in [2.75, 3.05) is 0 Å². The van der Waals surface area contributed by atoms with Gasteiger partial charge in [0, 0.05) is 23.5 Å². The number of carbonyl (C=O) groups excluding carboxylic acids is 2. The summed E-state index contributed by atoms with van der Waals surface area (Å²) in [5.74, 6) is -0.425. The van der Waals surface area contributed by atoms with Crippen molar-refractivity contribution < 1.29 is 9.59 Å². The maximum absolute atomic E-state index is 13.7. The second-order valence-corrected chi connectivity index (χ2v) is 9.11. The molecule has 0 aliphatic carbocycles. The first-order chi connectivity index (χ1) is 18.2. The molecule has 0 aliphatic heterocycles. The molecule has 0 aliphatic rings. The van der Waals surface area contributed by atoms with Gasteiger partial charge < -0.3 is 15.6 Å². The van der Waals surface area contributed by atoms with E-state index in [1.807, 2.05) is 121 Å². The molecular formula is C32H29N3O2. The summed E-state index contributed by atoms with van der Waals surface area (Å²) in [5.41, 5.74) is 4.82. The largest absolute Gasteiger partial charge is 0.361 e. The molecule has 184 valence electrons. The van der Waals surface area contributed by atoms with E-state index in [0.717, 1.165) is 33.2 Å². The fourth-order valence-corrected chi connectivity index (χ4v) is 4.65. The highest BCUT2D eigenvalue weighted by Crippen LogP contribution is 2.22. The normalized spacial score (nSPS) is 11.8. The fourth-order valence-electron chi connectivity index (χ4n) is 4.65. The van der Waals surface area contributed by atoms with E-state index in [9.17, 15) is 9.59 Å². The van der Waals surface area contributed by atoms with E-state index in [-0.39, 0.29) is 24.3 Å². The van der Waals surface area contributed by atoms with E-state index >= 15 is 0 Å². The smallest absolute Gasteiger partial charge is 0.243 e. The lowest BCUT2D eigenvalue weighted by atomic mass is 9.97. The predicted molar refractivity (Wildman–Crippen MR) is 147 cm³/mol. The molecular weight excluding hydrogens is 458 g/mol. The Morgan fingerprint density at radius 1 is 0.676 bits per heavy atom. The van der Waals surface area contributed by atoms with Crippen LogP contribution in [0.2, 0.25) is 0 Å². The molecule has 0 saturated heterocycles. The summed E-state index contributed by atoms with van der Waals surface area (Å²) in [4.78, 5) is 30.1. The van der Waals surface area contributed by atoms with Crippen LogP contribution in [0.5, 0.6) is 0 Å². The lowest BCUT2D eigenvalue weighted by Crippen LogP contribution is -2.49. The van der Waals surface area contributed by atoms with Gasteiger partial charge in [0.2, 0.25) is 11.8 Å². The Morgan fingerprint density at radius 3 is 1.89 bits per heavy atom. The molecule has 4 aromatic carbocycles. The highest BCUT2D eigenvalue weighted by Gasteiger charge is 2.25. The molecule has 37 heavy (non-hydrogen) atoms. The average molecular weight is 488 g/mol. The monoisotopic (exact) mass is 487 g/mol. The molecule has 0 bridgehead atoms. The van der Waals surface area contributed by atoms with E-state index < -0.39 is 6.04 Å². The van der Waals surface area contributed by atoms with Gasteiger partial charge in [0.05, 0.1) is 12.5 Å². The summed E-state index contributed by atoms with van der Waals surface area (Å²) in [6, 6.07) is 36.3. The van der Waals surface area contributed by atoms with Crippen LogP contribution in [-0.2, 0) is 22.4 Å². The summed E-state index contributed by atoms with van der Waals surface area (Å²) in [7, 11) is 0. The van der Waals surface area contributed by atoms with Crippen LogP contribution in [0.4, 0.5) is 0 Å². The first-order valence-electron chi connectivity index (χ1n) is 12.5. The molecule has 1 heterocycles. The van der Waals surface area contributed by atoms with E-state index in [1.165, 1.54) is 0 Å². The Bertz CT molecular complexity index is 1420. The van der Waals surface area contributed by atoms with Gasteiger partial charge in [-0.15, -0.1) is 0 Å². The van der Waals surface area contributed by atoms with Crippen LogP contribution < -0.4 is 10.6 Å². The van der Waals surface area contributed by atoms with Crippen LogP contribution in [0.25, 0.3) is 10.9 Å². The van der Waals surface area contributed by atoms with Gasteiger partial charge in [-0.2, -0.15) is 0 Å². The molecule has 1 atom stereocenters. The van der Waals surface area contributed by atoms with E-state index in [2.05, 4.69) is 15.6 Å². The van der Waals surface area contributed by atoms with Gasteiger partial charge in [-0.1, -0.05) is 109 Å². The first kappa shape index (κ1) is 24.1. The number of aromatic nitrogens is 1. The van der Waals surface area contributed by atoms with Crippen molar-refractivity contribution in [3.8, 4) is 0 Å². The number of hydrogen-bond acceptors (Lipinski definition) is 2. The van der Waals surface area contributed by atoms with Crippen LogP contribution in [-0.4, -0.2) is 22.8 Å².